The van der Waals surface area contributed by atoms with Gasteiger partial charge in [0.1, 0.15) is 17.8 Å². The minimum atomic E-state index is -0.349. The van der Waals surface area contributed by atoms with Crippen molar-refractivity contribution in [2.45, 2.75) is 26.3 Å². The summed E-state index contributed by atoms with van der Waals surface area (Å²) in [5.74, 6) is 1.88. The van der Waals surface area contributed by atoms with Gasteiger partial charge in [0.15, 0.2) is 5.69 Å². The Kier molecular flexibility index (Phi) is 5.88. The first kappa shape index (κ1) is 18.7. The van der Waals surface area contributed by atoms with Crippen LogP contribution in [0.25, 0.3) is 0 Å². The van der Waals surface area contributed by atoms with E-state index in [1.807, 2.05) is 30.3 Å². The quantitative estimate of drug-likeness (QED) is 0.630. The molecule has 0 aliphatic heterocycles. The third kappa shape index (κ3) is 5.18. The van der Waals surface area contributed by atoms with Crippen molar-refractivity contribution in [1.29, 1.82) is 0 Å². The Bertz CT molecular complexity index is 873. The summed E-state index contributed by atoms with van der Waals surface area (Å²) in [5.41, 5.74) is 6.88. The van der Waals surface area contributed by atoms with Gasteiger partial charge in [0.05, 0.1) is 6.04 Å². The summed E-state index contributed by atoms with van der Waals surface area (Å²) in [4.78, 5) is 16.5. The number of amides is 1. The Morgan fingerprint density at radius 3 is 2.44 bits per heavy atom. The van der Waals surface area contributed by atoms with Crippen LogP contribution in [-0.4, -0.2) is 10.9 Å². The van der Waals surface area contributed by atoms with Crippen LogP contribution in [0.15, 0.2) is 65.3 Å². The van der Waals surface area contributed by atoms with Gasteiger partial charge < -0.3 is 20.2 Å². The number of benzene rings is 2. The molecule has 0 saturated heterocycles. The first-order valence-electron chi connectivity index (χ1n) is 8.86. The fourth-order valence-electron chi connectivity index (χ4n) is 2.60. The number of ether oxygens (including phenoxy) is 1. The number of oxazole rings is 1. The molecule has 0 radical (unpaired) electrons. The van der Waals surface area contributed by atoms with Crippen LogP contribution in [-0.2, 0) is 0 Å². The van der Waals surface area contributed by atoms with Gasteiger partial charge in [-0.3, -0.25) is 4.79 Å². The summed E-state index contributed by atoms with van der Waals surface area (Å²) < 4.78 is 11.1. The van der Waals surface area contributed by atoms with Gasteiger partial charge in [-0.1, -0.05) is 32.0 Å². The molecule has 1 heterocycles. The number of aromatic nitrogens is 1. The van der Waals surface area contributed by atoms with Gasteiger partial charge in [-0.2, -0.15) is 0 Å². The Morgan fingerprint density at radius 1 is 1.11 bits per heavy atom. The van der Waals surface area contributed by atoms with E-state index in [0.717, 1.165) is 12.2 Å². The molecule has 2 aromatic carbocycles. The number of carbonyl (C=O) groups is 1. The molecule has 0 bridgehead atoms. The molecule has 3 aromatic rings. The SMILES string of the molecule is CC(C)CC(N)c1nc(C(=O)Nc2ccc(Oc3ccccc3)cc2)co1. The van der Waals surface area contributed by atoms with E-state index in [2.05, 4.69) is 24.1 Å². The molecule has 0 fully saturated rings. The summed E-state index contributed by atoms with van der Waals surface area (Å²) in [6.07, 6.45) is 2.07. The van der Waals surface area contributed by atoms with Gasteiger partial charge in [0.25, 0.3) is 5.91 Å². The molecule has 0 aliphatic carbocycles. The van der Waals surface area contributed by atoms with Crippen LogP contribution in [0.2, 0.25) is 0 Å². The van der Waals surface area contributed by atoms with Crippen molar-refractivity contribution in [3.8, 4) is 11.5 Å². The molecule has 0 spiro atoms. The smallest absolute Gasteiger partial charge is 0.277 e. The van der Waals surface area contributed by atoms with Crippen LogP contribution >= 0.6 is 0 Å². The van der Waals surface area contributed by atoms with Gasteiger partial charge in [-0.05, 0) is 48.7 Å². The summed E-state index contributed by atoms with van der Waals surface area (Å²) in [6.45, 7) is 4.14. The van der Waals surface area contributed by atoms with Gasteiger partial charge in [-0.15, -0.1) is 0 Å². The maximum atomic E-state index is 12.3. The lowest BCUT2D eigenvalue weighted by molar-refractivity contribution is 0.102. The Balaban J connectivity index is 1.60. The lowest BCUT2D eigenvalue weighted by Crippen LogP contribution is -2.15. The molecule has 140 valence electrons. The maximum Gasteiger partial charge on any atom is 0.277 e. The van der Waals surface area contributed by atoms with Crippen LogP contribution in [0, 0.1) is 5.92 Å². The Hall–Kier alpha value is -3.12. The second-order valence-electron chi connectivity index (χ2n) is 6.70. The molecular weight excluding hydrogens is 342 g/mol. The highest BCUT2D eigenvalue weighted by Crippen LogP contribution is 2.23. The van der Waals surface area contributed by atoms with Crippen molar-refractivity contribution in [1.82, 2.24) is 4.98 Å². The van der Waals surface area contributed by atoms with Crippen molar-refractivity contribution in [2.75, 3.05) is 5.32 Å². The van der Waals surface area contributed by atoms with E-state index in [0.29, 0.717) is 23.2 Å². The second-order valence-corrected chi connectivity index (χ2v) is 6.70. The summed E-state index contributed by atoms with van der Waals surface area (Å²) in [7, 11) is 0. The minimum Gasteiger partial charge on any atom is -0.457 e. The molecular formula is C21H23N3O3. The number of nitrogens with two attached hydrogens (primary N) is 1. The minimum absolute atomic E-state index is 0.203. The van der Waals surface area contributed by atoms with Crippen molar-refractivity contribution in [3.63, 3.8) is 0 Å². The van der Waals surface area contributed by atoms with E-state index < -0.39 is 0 Å². The van der Waals surface area contributed by atoms with Crippen molar-refractivity contribution in [2.24, 2.45) is 11.7 Å². The topological polar surface area (TPSA) is 90.4 Å². The molecule has 6 heteroatoms. The molecule has 0 saturated carbocycles. The summed E-state index contributed by atoms with van der Waals surface area (Å²) >= 11 is 0. The van der Waals surface area contributed by atoms with E-state index in [-0.39, 0.29) is 17.6 Å². The number of hydrogen-bond donors (Lipinski definition) is 2. The van der Waals surface area contributed by atoms with E-state index in [1.165, 1.54) is 6.26 Å². The lowest BCUT2D eigenvalue weighted by Gasteiger charge is -2.09. The zero-order valence-electron chi connectivity index (χ0n) is 15.4. The number of hydrogen-bond acceptors (Lipinski definition) is 5. The summed E-state index contributed by atoms with van der Waals surface area (Å²) in [6, 6.07) is 16.3. The number of carbonyl (C=O) groups excluding carboxylic acids is 1. The number of anilines is 1. The van der Waals surface area contributed by atoms with Gasteiger partial charge >= 0.3 is 0 Å². The van der Waals surface area contributed by atoms with Gasteiger partial charge in [0.2, 0.25) is 5.89 Å². The third-order valence-corrected chi connectivity index (χ3v) is 3.89. The molecule has 1 aromatic heterocycles. The predicted molar refractivity (Wildman–Crippen MR) is 104 cm³/mol. The third-order valence-electron chi connectivity index (χ3n) is 3.89. The molecule has 27 heavy (non-hydrogen) atoms. The zero-order valence-corrected chi connectivity index (χ0v) is 15.4. The first-order valence-corrected chi connectivity index (χ1v) is 8.86. The average molecular weight is 365 g/mol. The molecule has 1 amide bonds. The van der Waals surface area contributed by atoms with Gasteiger partial charge in [-0.25, -0.2) is 4.98 Å². The molecule has 1 atom stereocenters. The highest BCUT2D eigenvalue weighted by molar-refractivity contribution is 6.02. The molecule has 1 unspecified atom stereocenters. The number of nitrogens with one attached hydrogen (secondary N) is 1. The Labute approximate surface area is 158 Å². The molecule has 0 aliphatic rings. The molecule has 3 rings (SSSR count). The van der Waals surface area contributed by atoms with E-state index in [4.69, 9.17) is 14.9 Å². The van der Waals surface area contributed by atoms with Crippen LogP contribution < -0.4 is 15.8 Å². The number of rotatable bonds is 7. The largest absolute Gasteiger partial charge is 0.457 e. The van der Waals surface area contributed by atoms with Crippen molar-refractivity contribution in [3.05, 3.63) is 72.4 Å². The lowest BCUT2D eigenvalue weighted by atomic mass is 10.0. The monoisotopic (exact) mass is 365 g/mol. The normalized spacial score (nSPS) is 12.0. The van der Waals surface area contributed by atoms with Gasteiger partial charge in [0, 0.05) is 5.69 Å². The highest BCUT2D eigenvalue weighted by atomic mass is 16.5. The highest BCUT2D eigenvalue weighted by Gasteiger charge is 2.18. The maximum absolute atomic E-state index is 12.3. The fraction of sp³-hybridized carbons (Fsp3) is 0.238. The van der Waals surface area contributed by atoms with Crippen LogP contribution in [0.4, 0.5) is 5.69 Å². The van der Waals surface area contributed by atoms with E-state index in [1.54, 1.807) is 24.3 Å². The van der Waals surface area contributed by atoms with E-state index >= 15 is 0 Å². The van der Waals surface area contributed by atoms with Crippen LogP contribution in [0.1, 0.15) is 42.7 Å². The predicted octanol–water partition coefficient (Wildman–Crippen LogP) is 4.77. The fourth-order valence-corrected chi connectivity index (χ4v) is 2.60. The summed E-state index contributed by atoms with van der Waals surface area (Å²) in [5, 5.41) is 2.78. The van der Waals surface area contributed by atoms with Crippen molar-refractivity contribution < 1.29 is 13.9 Å². The Morgan fingerprint density at radius 2 is 1.78 bits per heavy atom. The standard InChI is InChI=1S/C21H23N3O3/c1-14(2)12-18(22)21-24-19(13-26-21)20(25)23-15-8-10-17(11-9-15)27-16-6-4-3-5-7-16/h3-11,13-14,18H,12,22H2,1-2H3,(H,23,25). The average Bonchev–Trinajstić information content (AvgIpc) is 3.14. The van der Waals surface area contributed by atoms with Crippen LogP contribution in [0.3, 0.4) is 0 Å². The van der Waals surface area contributed by atoms with Crippen LogP contribution in [0.5, 0.6) is 11.5 Å². The number of para-hydroxylation sites is 1. The first-order chi connectivity index (χ1) is 13.0. The molecule has 3 N–H and O–H groups in total. The molecule has 6 nitrogen and oxygen atoms in total. The van der Waals surface area contributed by atoms with Crippen molar-refractivity contribution >= 4 is 11.6 Å². The number of nitrogens with zero attached hydrogens (tertiary/aromatic N) is 1. The zero-order chi connectivity index (χ0) is 19.2. The van der Waals surface area contributed by atoms with E-state index in [9.17, 15) is 4.79 Å². The second kappa shape index (κ2) is 8.51.